The highest BCUT2D eigenvalue weighted by atomic mass is 16.1. The molecule has 0 N–H and O–H groups in total. The second-order valence-corrected chi connectivity index (χ2v) is 5.70. The molecule has 2 heteroatoms. The van der Waals surface area contributed by atoms with E-state index >= 15 is 0 Å². The lowest BCUT2D eigenvalue weighted by Gasteiger charge is -2.25. The van der Waals surface area contributed by atoms with E-state index in [4.69, 9.17) is 0 Å². The van der Waals surface area contributed by atoms with Gasteiger partial charge in [-0.05, 0) is 30.9 Å². The number of pyridine rings is 1. The molecule has 0 radical (unpaired) electrons. The maximum Gasteiger partial charge on any atom is 0.166 e. The van der Waals surface area contributed by atoms with Gasteiger partial charge in [0.05, 0.1) is 5.52 Å². The normalized spacial score (nSPS) is 23.4. The van der Waals surface area contributed by atoms with E-state index in [1.54, 1.807) is 6.20 Å². The predicted octanol–water partition coefficient (Wildman–Crippen LogP) is 4.24. The number of ketones is 1. The van der Waals surface area contributed by atoms with Gasteiger partial charge in [0.25, 0.3) is 0 Å². The van der Waals surface area contributed by atoms with Gasteiger partial charge in [0.2, 0.25) is 0 Å². The summed E-state index contributed by atoms with van der Waals surface area (Å²) in [5, 5.41) is 0.994. The van der Waals surface area contributed by atoms with Gasteiger partial charge in [-0.2, -0.15) is 0 Å². The van der Waals surface area contributed by atoms with Crippen molar-refractivity contribution >= 4 is 16.7 Å². The second kappa shape index (κ2) is 5.12. The molecule has 1 fully saturated rings. The third-order valence-electron chi connectivity index (χ3n) is 4.30. The summed E-state index contributed by atoms with van der Waals surface area (Å²) in [4.78, 5) is 17.0. The van der Waals surface area contributed by atoms with Crippen LogP contribution in [0.25, 0.3) is 10.9 Å². The molecule has 1 aliphatic carbocycles. The predicted molar refractivity (Wildman–Crippen MR) is 77.2 cm³/mol. The van der Waals surface area contributed by atoms with E-state index in [0.717, 1.165) is 35.2 Å². The number of fused-ring (bicyclic) bond motifs is 1. The first kappa shape index (κ1) is 12.3. The zero-order valence-electron chi connectivity index (χ0n) is 11.3. The molecule has 1 aliphatic rings. The summed E-state index contributed by atoms with van der Waals surface area (Å²) in [6, 6.07) is 9.76. The highest BCUT2D eigenvalue weighted by Crippen LogP contribution is 2.32. The first-order chi connectivity index (χ1) is 9.25. The van der Waals surface area contributed by atoms with E-state index in [9.17, 15) is 4.79 Å². The van der Waals surface area contributed by atoms with E-state index in [-0.39, 0.29) is 5.92 Å². The molecule has 0 unspecified atom stereocenters. The average molecular weight is 253 g/mol. The lowest BCUT2D eigenvalue weighted by atomic mass is 9.79. The van der Waals surface area contributed by atoms with Crippen LogP contribution in [0.5, 0.6) is 0 Å². The van der Waals surface area contributed by atoms with Crippen LogP contribution in [0.15, 0.2) is 36.5 Å². The van der Waals surface area contributed by atoms with Crippen molar-refractivity contribution in [2.45, 2.75) is 32.6 Å². The number of hydrogen-bond donors (Lipinski definition) is 0. The van der Waals surface area contributed by atoms with Gasteiger partial charge in [0.15, 0.2) is 5.78 Å². The number of Topliss-reactive ketones (excluding diaryl/α,β-unsaturated/α-hetero) is 1. The first-order valence-electron chi connectivity index (χ1n) is 7.13. The zero-order valence-corrected chi connectivity index (χ0v) is 11.3. The fourth-order valence-electron chi connectivity index (χ4n) is 3.06. The molecule has 0 saturated heterocycles. The Morgan fingerprint density at radius 2 is 1.89 bits per heavy atom. The minimum atomic E-state index is 0.210. The van der Waals surface area contributed by atoms with Crippen molar-refractivity contribution in [3.05, 3.63) is 42.1 Å². The van der Waals surface area contributed by atoms with Gasteiger partial charge in [0.1, 0.15) is 0 Å². The van der Waals surface area contributed by atoms with Gasteiger partial charge in [-0.1, -0.05) is 38.0 Å². The monoisotopic (exact) mass is 253 g/mol. The molecule has 1 aromatic carbocycles. The molecule has 0 aliphatic heterocycles. The largest absolute Gasteiger partial charge is 0.294 e. The molecule has 1 heterocycles. The molecule has 0 amide bonds. The van der Waals surface area contributed by atoms with Gasteiger partial charge in [-0.15, -0.1) is 0 Å². The van der Waals surface area contributed by atoms with Gasteiger partial charge >= 0.3 is 0 Å². The molecule has 0 bridgehead atoms. The Morgan fingerprint density at radius 3 is 2.68 bits per heavy atom. The number of hydrogen-bond acceptors (Lipinski definition) is 2. The minimum Gasteiger partial charge on any atom is -0.294 e. The van der Waals surface area contributed by atoms with Crippen molar-refractivity contribution in [2.24, 2.45) is 11.8 Å². The highest BCUT2D eigenvalue weighted by Gasteiger charge is 2.26. The topological polar surface area (TPSA) is 30.0 Å². The summed E-state index contributed by atoms with van der Waals surface area (Å²) in [6.07, 6.45) is 6.21. The number of rotatable bonds is 2. The van der Waals surface area contributed by atoms with Crippen LogP contribution in [0.2, 0.25) is 0 Å². The van der Waals surface area contributed by atoms with Crippen molar-refractivity contribution in [2.75, 3.05) is 0 Å². The molecule has 98 valence electrons. The number of benzene rings is 1. The van der Waals surface area contributed by atoms with Gasteiger partial charge < -0.3 is 0 Å². The third kappa shape index (κ3) is 2.40. The number of carbonyl (C=O) groups excluding carboxylic acids is 1. The Kier molecular flexibility index (Phi) is 3.33. The zero-order chi connectivity index (χ0) is 13.2. The summed E-state index contributed by atoms with van der Waals surface area (Å²) in [5.41, 5.74) is 1.77. The lowest BCUT2D eigenvalue weighted by Crippen LogP contribution is -2.21. The SMILES string of the molecule is CC1CCC(C(=O)c2cccc3ncccc23)CC1. The van der Waals surface area contributed by atoms with Crippen LogP contribution in [0.1, 0.15) is 43.0 Å². The molecule has 3 rings (SSSR count). The number of aromatic nitrogens is 1. The van der Waals surface area contributed by atoms with Gasteiger partial charge in [0, 0.05) is 23.1 Å². The fraction of sp³-hybridized carbons (Fsp3) is 0.412. The molecule has 1 saturated carbocycles. The number of nitrogens with zero attached hydrogens (tertiary/aromatic N) is 1. The van der Waals surface area contributed by atoms with Crippen molar-refractivity contribution in [1.82, 2.24) is 4.98 Å². The van der Waals surface area contributed by atoms with Crippen LogP contribution in [0, 0.1) is 11.8 Å². The molecule has 19 heavy (non-hydrogen) atoms. The van der Waals surface area contributed by atoms with E-state index in [1.807, 2.05) is 30.3 Å². The van der Waals surface area contributed by atoms with Crippen LogP contribution < -0.4 is 0 Å². The van der Waals surface area contributed by atoms with Crippen LogP contribution >= 0.6 is 0 Å². The van der Waals surface area contributed by atoms with Crippen molar-refractivity contribution in [1.29, 1.82) is 0 Å². The van der Waals surface area contributed by atoms with Crippen LogP contribution in [0.4, 0.5) is 0 Å². The molecule has 2 nitrogen and oxygen atoms in total. The van der Waals surface area contributed by atoms with E-state index in [1.165, 1.54) is 12.8 Å². The third-order valence-corrected chi connectivity index (χ3v) is 4.30. The summed E-state index contributed by atoms with van der Waals surface area (Å²) < 4.78 is 0. The van der Waals surface area contributed by atoms with Crippen molar-refractivity contribution < 1.29 is 4.79 Å². The average Bonchev–Trinajstić information content (AvgIpc) is 2.47. The lowest BCUT2D eigenvalue weighted by molar-refractivity contribution is 0.0877. The smallest absolute Gasteiger partial charge is 0.166 e. The Labute approximate surface area is 113 Å². The van der Waals surface area contributed by atoms with Gasteiger partial charge in [-0.3, -0.25) is 9.78 Å². The molecule has 2 aromatic rings. The van der Waals surface area contributed by atoms with Crippen LogP contribution in [-0.4, -0.2) is 10.8 Å². The summed E-state index contributed by atoms with van der Waals surface area (Å²) >= 11 is 0. The van der Waals surface area contributed by atoms with Crippen LogP contribution in [0.3, 0.4) is 0 Å². The standard InChI is InChI=1S/C17H19NO/c1-12-7-9-13(10-8-12)17(19)15-4-2-6-16-14(15)5-3-11-18-16/h2-6,11-13H,7-10H2,1H3. The number of carbonyl (C=O) groups is 1. The quantitative estimate of drug-likeness (QED) is 0.749. The fourth-order valence-corrected chi connectivity index (χ4v) is 3.06. The van der Waals surface area contributed by atoms with E-state index < -0.39 is 0 Å². The molecular weight excluding hydrogens is 234 g/mol. The Morgan fingerprint density at radius 1 is 1.11 bits per heavy atom. The first-order valence-corrected chi connectivity index (χ1v) is 7.13. The molecule has 1 aromatic heterocycles. The Balaban J connectivity index is 1.93. The summed E-state index contributed by atoms with van der Waals surface area (Å²) in [6.45, 7) is 2.28. The molecule has 0 atom stereocenters. The summed E-state index contributed by atoms with van der Waals surface area (Å²) in [5.74, 6) is 1.30. The van der Waals surface area contributed by atoms with Crippen LogP contribution in [-0.2, 0) is 0 Å². The van der Waals surface area contributed by atoms with Gasteiger partial charge in [-0.25, -0.2) is 0 Å². The molecular formula is C17H19NO. The van der Waals surface area contributed by atoms with Crippen molar-refractivity contribution in [3.8, 4) is 0 Å². The Bertz CT molecular complexity index is 592. The summed E-state index contributed by atoms with van der Waals surface area (Å²) in [7, 11) is 0. The molecule has 0 spiro atoms. The van der Waals surface area contributed by atoms with Crippen molar-refractivity contribution in [3.63, 3.8) is 0 Å². The minimum absolute atomic E-state index is 0.210. The van der Waals surface area contributed by atoms with E-state index in [0.29, 0.717) is 5.78 Å². The highest BCUT2D eigenvalue weighted by molar-refractivity contribution is 6.08. The van der Waals surface area contributed by atoms with E-state index in [2.05, 4.69) is 11.9 Å². The maximum absolute atomic E-state index is 12.7. The Hall–Kier alpha value is -1.70. The maximum atomic E-state index is 12.7. The second-order valence-electron chi connectivity index (χ2n) is 5.70.